The van der Waals surface area contributed by atoms with Crippen molar-refractivity contribution >= 4 is 5.82 Å². The van der Waals surface area contributed by atoms with Crippen LogP contribution in [0.15, 0.2) is 6.07 Å². The number of nitrogens with two attached hydrogens (primary N) is 1. The fourth-order valence-corrected chi connectivity index (χ4v) is 1.42. The van der Waals surface area contributed by atoms with E-state index in [2.05, 4.69) is 30.7 Å². The molecule has 0 bridgehead atoms. The highest BCUT2D eigenvalue weighted by Gasteiger charge is 2.17. The van der Waals surface area contributed by atoms with Crippen LogP contribution in [-0.2, 0) is 21.3 Å². The number of anilines is 1. The largest absolute Gasteiger partial charge is 0.384 e. The molecule has 0 aliphatic carbocycles. The van der Waals surface area contributed by atoms with Gasteiger partial charge in [0, 0.05) is 25.0 Å². The highest BCUT2D eigenvalue weighted by atomic mass is 16.5. The molecule has 1 aromatic rings. The van der Waals surface area contributed by atoms with E-state index in [9.17, 15) is 0 Å². The van der Waals surface area contributed by atoms with Gasteiger partial charge in [-0.2, -0.15) is 0 Å². The van der Waals surface area contributed by atoms with Crippen molar-refractivity contribution in [3.05, 3.63) is 17.6 Å². The number of rotatable bonds is 6. The monoisotopic (exact) mass is 253 g/mol. The van der Waals surface area contributed by atoms with E-state index in [0.717, 1.165) is 11.5 Å². The Morgan fingerprint density at radius 2 is 1.89 bits per heavy atom. The second-order valence-corrected chi connectivity index (χ2v) is 5.20. The third kappa shape index (κ3) is 4.98. The fraction of sp³-hybridized carbons (Fsp3) is 0.692. The van der Waals surface area contributed by atoms with Crippen LogP contribution in [-0.4, -0.2) is 36.9 Å². The summed E-state index contributed by atoms with van der Waals surface area (Å²) in [6, 6.07) is 1.83. The zero-order valence-corrected chi connectivity index (χ0v) is 11.7. The molecule has 0 unspecified atom stereocenters. The second-order valence-electron chi connectivity index (χ2n) is 5.20. The molecule has 0 radical (unpaired) electrons. The molecule has 0 aromatic carbocycles. The first kappa shape index (κ1) is 14.9. The number of hydrogen-bond acceptors (Lipinski definition) is 5. The Morgan fingerprint density at radius 1 is 1.17 bits per heavy atom. The summed E-state index contributed by atoms with van der Waals surface area (Å²) in [4.78, 5) is 8.74. The van der Waals surface area contributed by atoms with Crippen LogP contribution in [0.2, 0.25) is 0 Å². The topological polar surface area (TPSA) is 70.3 Å². The van der Waals surface area contributed by atoms with E-state index in [1.54, 1.807) is 7.11 Å². The predicted octanol–water partition coefficient (Wildman–Crippen LogP) is 1.56. The number of nitrogen functional groups attached to an aromatic ring is 1. The van der Waals surface area contributed by atoms with E-state index in [4.69, 9.17) is 15.2 Å². The molecule has 1 rings (SSSR count). The minimum Gasteiger partial charge on any atom is -0.384 e. The lowest BCUT2D eigenvalue weighted by Gasteiger charge is -2.18. The molecule has 18 heavy (non-hydrogen) atoms. The SMILES string of the molecule is COCCOCCc1nc(N)cc(C(C)(C)C)n1. The summed E-state index contributed by atoms with van der Waals surface area (Å²) in [6.07, 6.45) is 0.665. The molecular formula is C13H23N3O2. The Hall–Kier alpha value is -1.20. The first-order chi connectivity index (χ1) is 8.43. The first-order valence-electron chi connectivity index (χ1n) is 6.14. The Kier molecular flexibility index (Phi) is 5.50. The van der Waals surface area contributed by atoms with Crippen LogP contribution in [0.1, 0.15) is 32.3 Å². The molecule has 0 amide bonds. The number of methoxy groups -OCH3 is 1. The van der Waals surface area contributed by atoms with E-state index in [-0.39, 0.29) is 5.41 Å². The van der Waals surface area contributed by atoms with Gasteiger partial charge in [-0.3, -0.25) is 0 Å². The Labute approximate surface area is 109 Å². The molecule has 2 N–H and O–H groups in total. The molecular weight excluding hydrogens is 230 g/mol. The van der Waals surface area contributed by atoms with E-state index in [1.807, 2.05) is 6.07 Å². The van der Waals surface area contributed by atoms with Gasteiger partial charge in [-0.1, -0.05) is 20.8 Å². The standard InChI is InChI=1S/C13H23N3O2/c1-13(2,3)10-9-11(14)16-12(15-10)5-6-18-8-7-17-4/h9H,5-8H2,1-4H3,(H2,14,15,16). The maximum atomic E-state index is 5.80. The third-order valence-electron chi connectivity index (χ3n) is 2.46. The Morgan fingerprint density at radius 3 is 2.50 bits per heavy atom. The van der Waals surface area contributed by atoms with Crippen LogP contribution in [0.4, 0.5) is 5.82 Å². The molecule has 5 heteroatoms. The van der Waals surface area contributed by atoms with E-state index in [0.29, 0.717) is 32.1 Å². The van der Waals surface area contributed by atoms with Gasteiger partial charge in [-0.25, -0.2) is 9.97 Å². The molecule has 0 saturated carbocycles. The number of nitrogens with zero attached hydrogens (tertiary/aromatic N) is 2. The molecule has 0 spiro atoms. The number of ether oxygens (including phenoxy) is 2. The summed E-state index contributed by atoms with van der Waals surface area (Å²) in [6.45, 7) is 8.08. The Balaban J connectivity index is 2.58. The summed E-state index contributed by atoms with van der Waals surface area (Å²) < 4.78 is 10.3. The summed E-state index contributed by atoms with van der Waals surface area (Å²) in [5.41, 5.74) is 6.73. The van der Waals surface area contributed by atoms with Crippen molar-refractivity contribution in [2.75, 3.05) is 32.7 Å². The van der Waals surface area contributed by atoms with Gasteiger partial charge in [-0.05, 0) is 0 Å². The van der Waals surface area contributed by atoms with Crippen LogP contribution in [0.25, 0.3) is 0 Å². The van der Waals surface area contributed by atoms with Crippen molar-refractivity contribution in [3.63, 3.8) is 0 Å². The van der Waals surface area contributed by atoms with E-state index >= 15 is 0 Å². The normalized spacial score (nSPS) is 11.8. The summed E-state index contributed by atoms with van der Waals surface area (Å²) in [7, 11) is 1.65. The van der Waals surface area contributed by atoms with E-state index in [1.165, 1.54) is 0 Å². The van der Waals surface area contributed by atoms with Crippen LogP contribution in [0, 0.1) is 0 Å². The van der Waals surface area contributed by atoms with Gasteiger partial charge in [-0.15, -0.1) is 0 Å². The van der Waals surface area contributed by atoms with Crippen molar-refractivity contribution in [2.45, 2.75) is 32.6 Å². The summed E-state index contributed by atoms with van der Waals surface area (Å²) in [5.74, 6) is 1.25. The van der Waals surface area contributed by atoms with Gasteiger partial charge in [0.2, 0.25) is 0 Å². The quantitative estimate of drug-likeness (QED) is 0.779. The van der Waals surface area contributed by atoms with Crippen LogP contribution < -0.4 is 5.73 Å². The van der Waals surface area contributed by atoms with Crippen molar-refractivity contribution in [1.29, 1.82) is 0 Å². The summed E-state index contributed by atoms with van der Waals surface area (Å²) in [5, 5.41) is 0. The van der Waals surface area contributed by atoms with Crippen LogP contribution >= 0.6 is 0 Å². The van der Waals surface area contributed by atoms with Crippen LogP contribution in [0.5, 0.6) is 0 Å². The minimum absolute atomic E-state index is 0.0251. The maximum Gasteiger partial charge on any atom is 0.133 e. The molecule has 0 aliphatic rings. The Bertz CT molecular complexity index is 375. The lowest BCUT2D eigenvalue weighted by molar-refractivity contribution is 0.0716. The minimum atomic E-state index is -0.0251. The van der Waals surface area contributed by atoms with Gasteiger partial charge in [0.1, 0.15) is 11.6 Å². The van der Waals surface area contributed by atoms with Crippen molar-refractivity contribution in [2.24, 2.45) is 0 Å². The molecule has 5 nitrogen and oxygen atoms in total. The lowest BCUT2D eigenvalue weighted by atomic mass is 9.92. The van der Waals surface area contributed by atoms with Gasteiger partial charge < -0.3 is 15.2 Å². The fourth-order valence-electron chi connectivity index (χ4n) is 1.42. The van der Waals surface area contributed by atoms with Crippen molar-refractivity contribution in [3.8, 4) is 0 Å². The predicted molar refractivity (Wildman–Crippen MR) is 71.5 cm³/mol. The number of aromatic nitrogens is 2. The van der Waals surface area contributed by atoms with E-state index < -0.39 is 0 Å². The molecule has 1 heterocycles. The number of hydrogen-bond donors (Lipinski definition) is 1. The van der Waals surface area contributed by atoms with Crippen LogP contribution in [0.3, 0.4) is 0 Å². The lowest BCUT2D eigenvalue weighted by Crippen LogP contribution is -2.17. The molecule has 0 saturated heterocycles. The molecule has 1 aromatic heterocycles. The van der Waals surface area contributed by atoms with Gasteiger partial charge in [0.25, 0.3) is 0 Å². The van der Waals surface area contributed by atoms with Gasteiger partial charge >= 0.3 is 0 Å². The molecule has 0 fully saturated rings. The first-order valence-corrected chi connectivity index (χ1v) is 6.14. The van der Waals surface area contributed by atoms with Crippen molar-refractivity contribution < 1.29 is 9.47 Å². The second kappa shape index (κ2) is 6.66. The van der Waals surface area contributed by atoms with Gasteiger partial charge in [0.15, 0.2) is 0 Å². The highest BCUT2D eigenvalue weighted by molar-refractivity contribution is 5.32. The highest BCUT2D eigenvalue weighted by Crippen LogP contribution is 2.21. The average molecular weight is 253 g/mol. The molecule has 0 atom stereocenters. The smallest absolute Gasteiger partial charge is 0.133 e. The van der Waals surface area contributed by atoms with Gasteiger partial charge in [0.05, 0.1) is 25.5 Å². The average Bonchev–Trinajstić information content (AvgIpc) is 2.27. The zero-order chi connectivity index (χ0) is 13.6. The zero-order valence-electron chi connectivity index (χ0n) is 11.7. The summed E-state index contributed by atoms with van der Waals surface area (Å²) >= 11 is 0. The molecule has 102 valence electrons. The molecule has 0 aliphatic heterocycles. The third-order valence-corrected chi connectivity index (χ3v) is 2.46. The van der Waals surface area contributed by atoms with Crippen molar-refractivity contribution in [1.82, 2.24) is 9.97 Å². The maximum absolute atomic E-state index is 5.80.